The standard InChI is InChI=1S/C19H19BrCl2N4O/c20-17-23-10-26(25-17)19-7-11-3-12(8-19)6-18(5-11,9-19)16(27)24-15-2-1-13(21)4-14(15)22/h1-2,4,10-12H,3,5-9H2,(H,24,27)/t11-,12-,18?,19?/m0/s1. The van der Waals surface area contributed by atoms with Crippen LogP contribution in [-0.4, -0.2) is 20.7 Å². The van der Waals surface area contributed by atoms with Gasteiger partial charge < -0.3 is 5.32 Å². The third kappa shape index (κ3) is 2.91. The van der Waals surface area contributed by atoms with Crippen LogP contribution in [0.5, 0.6) is 0 Å². The first-order valence-electron chi connectivity index (χ1n) is 9.22. The number of anilines is 1. The van der Waals surface area contributed by atoms with Crippen LogP contribution in [0.1, 0.15) is 38.5 Å². The van der Waals surface area contributed by atoms with Crippen molar-refractivity contribution in [3.05, 3.63) is 39.3 Å². The number of hydrogen-bond acceptors (Lipinski definition) is 3. The van der Waals surface area contributed by atoms with Crippen molar-refractivity contribution in [2.75, 3.05) is 5.32 Å². The fraction of sp³-hybridized carbons (Fsp3) is 0.526. The zero-order valence-corrected chi connectivity index (χ0v) is 17.7. The molecule has 1 aromatic heterocycles. The molecule has 5 nitrogen and oxygen atoms in total. The van der Waals surface area contributed by atoms with Gasteiger partial charge in [0.2, 0.25) is 10.6 Å². The zero-order valence-electron chi connectivity index (χ0n) is 14.6. The van der Waals surface area contributed by atoms with Crippen molar-refractivity contribution in [3.63, 3.8) is 0 Å². The molecule has 4 aliphatic carbocycles. The highest BCUT2D eigenvalue weighted by molar-refractivity contribution is 9.10. The summed E-state index contributed by atoms with van der Waals surface area (Å²) >= 11 is 15.6. The van der Waals surface area contributed by atoms with E-state index in [1.54, 1.807) is 24.5 Å². The maximum Gasteiger partial charge on any atom is 0.230 e. The van der Waals surface area contributed by atoms with Gasteiger partial charge in [0, 0.05) is 5.02 Å². The normalized spacial score (nSPS) is 34.0. The number of hydrogen-bond donors (Lipinski definition) is 1. The Labute approximate surface area is 175 Å². The number of aromatic nitrogens is 3. The van der Waals surface area contributed by atoms with Crippen LogP contribution in [-0.2, 0) is 10.3 Å². The highest BCUT2D eigenvalue weighted by atomic mass is 79.9. The van der Waals surface area contributed by atoms with Crippen molar-refractivity contribution in [2.45, 2.75) is 44.1 Å². The van der Waals surface area contributed by atoms with Gasteiger partial charge in [-0.25, -0.2) is 9.67 Å². The first kappa shape index (κ1) is 18.0. The number of nitrogens with zero attached hydrogens (tertiary/aromatic N) is 3. The molecule has 27 heavy (non-hydrogen) atoms. The first-order chi connectivity index (χ1) is 12.9. The van der Waals surface area contributed by atoms with E-state index < -0.39 is 0 Å². The lowest BCUT2D eigenvalue weighted by molar-refractivity contribution is -0.150. The van der Waals surface area contributed by atoms with E-state index in [0.29, 0.717) is 32.3 Å². The van der Waals surface area contributed by atoms with Crippen molar-refractivity contribution in [2.24, 2.45) is 17.3 Å². The van der Waals surface area contributed by atoms with E-state index in [1.807, 2.05) is 4.68 Å². The van der Waals surface area contributed by atoms with E-state index in [2.05, 4.69) is 31.3 Å². The minimum Gasteiger partial charge on any atom is -0.324 e. The van der Waals surface area contributed by atoms with Gasteiger partial charge in [-0.15, -0.1) is 5.10 Å². The molecule has 0 spiro atoms. The molecule has 0 unspecified atom stereocenters. The molecule has 0 aliphatic heterocycles. The maximum atomic E-state index is 13.4. The van der Waals surface area contributed by atoms with Gasteiger partial charge in [-0.2, -0.15) is 0 Å². The van der Waals surface area contributed by atoms with Crippen molar-refractivity contribution >= 4 is 50.7 Å². The summed E-state index contributed by atoms with van der Waals surface area (Å²) in [5.74, 6) is 1.19. The summed E-state index contributed by atoms with van der Waals surface area (Å²) in [7, 11) is 0. The van der Waals surface area contributed by atoms with Crippen LogP contribution in [0.2, 0.25) is 10.0 Å². The molecule has 6 rings (SSSR count). The average Bonchev–Trinajstić information content (AvgIpc) is 3.03. The molecule has 4 fully saturated rings. The predicted octanol–water partition coefficient (Wildman–Crippen LogP) is 5.28. The Balaban J connectivity index is 1.47. The quantitative estimate of drug-likeness (QED) is 0.664. The smallest absolute Gasteiger partial charge is 0.230 e. The van der Waals surface area contributed by atoms with E-state index >= 15 is 0 Å². The molecule has 0 radical (unpaired) electrons. The Morgan fingerprint density at radius 2 is 1.96 bits per heavy atom. The van der Waals surface area contributed by atoms with Gasteiger partial charge in [0.05, 0.1) is 21.7 Å². The summed E-state index contributed by atoms with van der Waals surface area (Å²) in [5, 5.41) is 8.66. The van der Waals surface area contributed by atoms with E-state index in [1.165, 1.54) is 6.42 Å². The van der Waals surface area contributed by atoms with Crippen LogP contribution in [0.4, 0.5) is 5.69 Å². The molecular weight excluding hydrogens is 451 g/mol. The Morgan fingerprint density at radius 1 is 1.22 bits per heavy atom. The van der Waals surface area contributed by atoms with Gasteiger partial charge in [-0.05, 0) is 84.5 Å². The SMILES string of the molecule is O=C(Nc1ccc(Cl)cc1Cl)C12C[C@@H]3C[C@@H](C1)CC(n1cnc(Br)n1)(C3)C2. The van der Waals surface area contributed by atoms with E-state index in [9.17, 15) is 4.79 Å². The number of nitrogens with one attached hydrogen (secondary N) is 1. The predicted molar refractivity (Wildman–Crippen MR) is 108 cm³/mol. The molecule has 0 saturated heterocycles. The Bertz CT molecular complexity index is 916. The van der Waals surface area contributed by atoms with Crippen molar-refractivity contribution in [1.82, 2.24) is 14.8 Å². The number of rotatable bonds is 3. The van der Waals surface area contributed by atoms with Crippen LogP contribution >= 0.6 is 39.1 Å². The molecule has 4 bridgehead atoms. The van der Waals surface area contributed by atoms with Crippen molar-refractivity contribution in [1.29, 1.82) is 0 Å². The van der Waals surface area contributed by atoms with Crippen LogP contribution in [0.3, 0.4) is 0 Å². The highest BCUT2D eigenvalue weighted by Gasteiger charge is 2.61. The summed E-state index contributed by atoms with van der Waals surface area (Å²) in [4.78, 5) is 17.7. The molecule has 1 aromatic carbocycles. The maximum absolute atomic E-state index is 13.4. The monoisotopic (exact) mass is 468 g/mol. The summed E-state index contributed by atoms with van der Waals surface area (Å²) in [5.41, 5.74) is 0.148. The molecule has 4 saturated carbocycles. The minimum absolute atomic E-state index is 0.0735. The molecule has 1 amide bonds. The number of carbonyl (C=O) groups is 1. The van der Waals surface area contributed by atoms with E-state index in [0.717, 1.165) is 32.1 Å². The number of amides is 1. The molecule has 2 aromatic rings. The second-order valence-electron chi connectivity index (χ2n) is 8.50. The largest absolute Gasteiger partial charge is 0.324 e. The zero-order chi connectivity index (χ0) is 18.8. The molecule has 1 heterocycles. The number of carbonyl (C=O) groups excluding carboxylic acids is 1. The van der Waals surface area contributed by atoms with Crippen LogP contribution in [0.15, 0.2) is 29.3 Å². The number of benzene rings is 1. The van der Waals surface area contributed by atoms with Gasteiger partial charge in [0.25, 0.3) is 0 Å². The Morgan fingerprint density at radius 3 is 2.59 bits per heavy atom. The van der Waals surface area contributed by atoms with E-state index in [4.69, 9.17) is 23.2 Å². The molecule has 4 aliphatic rings. The van der Waals surface area contributed by atoms with Crippen LogP contribution in [0, 0.1) is 17.3 Å². The topological polar surface area (TPSA) is 59.8 Å². The number of halogens is 3. The van der Waals surface area contributed by atoms with Gasteiger partial charge in [0.15, 0.2) is 0 Å². The lowest BCUT2D eigenvalue weighted by Gasteiger charge is -2.60. The average molecular weight is 470 g/mol. The molecule has 142 valence electrons. The Kier molecular flexibility index (Phi) is 4.12. The van der Waals surface area contributed by atoms with Crippen LogP contribution in [0.25, 0.3) is 0 Å². The minimum atomic E-state index is -0.370. The van der Waals surface area contributed by atoms with Crippen molar-refractivity contribution < 1.29 is 4.79 Å². The van der Waals surface area contributed by atoms with Gasteiger partial charge in [-0.1, -0.05) is 23.2 Å². The molecular formula is C19H19BrCl2N4O. The molecule has 2 atom stereocenters. The summed E-state index contributed by atoms with van der Waals surface area (Å²) in [6.45, 7) is 0. The second-order valence-corrected chi connectivity index (χ2v) is 10.1. The lowest BCUT2D eigenvalue weighted by atomic mass is 9.46. The molecule has 8 heteroatoms. The second kappa shape index (κ2) is 6.19. The van der Waals surface area contributed by atoms with E-state index in [-0.39, 0.29) is 16.9 Å². The highest BCUT2D eigenvalue weighted by Crippen LogP contribution is 2.64. The third-order valence-corrected chi connectivity index (χ3v) is 7.55. The lowest BCUT2D eigenvalue weighted by Crippen LogP contribution is -2.60. The molecule has 1 N–H and O–H groups in total. The summed E-state index contributed by atoms with van der Waals surface area (Å²) in [6.07, 6.45) is 7.87. The van der Waals surface area contributed by atoms with Gasteiger partial charge in [0.1, 0.15) is 6.33 Å². The summed E-state index contributed by atoms with van der Waals surface area (Å²) in [6, 6.07) is 5.18. The Hall–Kier alpha value is -1.11. The fourth-order valence-corrected chi connectivity index (χ4v) is 6.78. The van der Waals surface area contributed by atoms with Gasteiger partial charge in [-0.3, -0.25) is 4.79 Å². The first-order valence-corrected chi connectivity index (χ1v) is 10.8. The summed E-state index contributed by atoms with van der Waals surface area (Å²) < 4.78 is 2.61. The fourth-order valence-electron chi connectivity index (χ4n) is 6.07. The van der Waals surface area contributed by atoms with Gasteiger partial charge >= 0.3 is 0 Å². The van der Waals surface area contributed by atoms with Crippen molar-refractivity contribution in [3.8, 4) is 0 Å². The third-order valence-electron chi connectivity index (χ3n) is 6.64. The van der Waals surface area contributed by atoms with Crippen LogP contribution < -0.4 is 5.32 Å².